The highest BCUT2D eigenvalue weighted by atomic mass is 32.2. The maximum absolute atomic E-state index is 14.2. The summed E-state index contributed by atoms with van der Waals surface area (Å²) in [5, 5.41) is 0. The van der Waals surface area contributed by atoms with Gasteiger partial charge in [0.05, 0.1) is 0 Å². The molecule has 0 unspecified atom stereocenters. The van der Waals surface area contributed by atoms with Crippen LogP contribution in [0.2, 0.25) is 0 Å². The van der Waals surface area contributed by atoms with Crippen molar-refractivity contribution in [3.8, 4) is 0 Å². The Labute approximate surface area is 153 Å². The molecule has 1 aliphatic rings. The number of nitrogens with one attached hydrogen (secondary N) is 1. The second-order valence-corrected chi connectivity index (χ2v) is 8.37. The molecule has 0 spiro atoms. The van der Waals surface area contributed by atoms with Gasteiger partial charge in [0.2, 0.25) is 10.0 Å². The van der Waals surface area contributed by atoms with Crippen LogP contribution in [-0.4, -0.2) is 37.5 Å². The predicted molar refractivity (Wildman–Crippen MR) is 98.2 cm³/mol. The van der Waals surface area contributed by atoms with Gasteiger partial charge in [-0.1, -0.05) is 12.1 Å². The van der Waals surface area contributed by atoms with E-state index >= 15 is 0 Å². The van der Waals surface area contributed by atoms with Crippen LogP contribution in [0.3, 0.4) is 0 Å². The Morgan fingerprint density at radius 1 is 1.15 bits per heavy atom. The van der Waals surface area contributed by atoms with Gasteiger partial charge >= 0.3 is 0 Å². The number of rotatable bonds is 4. The van der Waals surface area contributed by atoms with Gasteiger partial charge in [-0.3, -0.25) is 0 Å². The number of hydrogen-bond acceptors (Lipinski definition) is 5. The van der Waals surface area contributed by atoms with E-state index in [1.807, 2.05) is 19.9 Å². The van der Waals surface area contributed by atoms with Crippen LogP contribution in [0.25, 0.3) is 0 Å². The molecule has 0 atom stereocenters. The lowest BCUT2D eigenvalue weighted by Gasteiger charge is -2.33. The first-order chi connectivity index (χ1) is 12.3. The Kier molecular flexibility index (Phi) is 5.24. The zero-order valence-electron chi connectivity index (χ0n) is 15.2. The fraction of sp³-hybridized carbons (Fsp3) is 0.444. The van der Waals surface area contributed by atoms with E-state index in [0.717, 1.165) is 17.3 Å². The van der Waals surface area contributed by atoms with Gasteiger partial charge in [0, 0.05) is 30.9 Å². The average molecular weight is 378 g/mol. The number of halogens is 1. The smallest absolute Gasteiger partial charge is 0.243 e. The maximum atomic E-state index is 14.2. The number of benzene rings is 1. The van der Waals surface area contributed by atoms with E-state index < -0.39 is 15.8 Å². The van der Waals surface area contributed by atoms with Crippen LogP contribution < -0.4 is 9.62 Å². The minimum atomic E-state index is -3.88. The highest BCUT2D eigenvalue weighted by molar-refractivity contribution is 7.89. The van der Waals surface area contributed by atoms with Gasteiger partial charge in [-0.05, 0) is 45.2 Å². The molecule has 0 aliphatic carbocycles. The minimum absolute atomic E-state index is 0.222. The molecular formula is C18H23FN4O2S. The third-order valence-electron chi connectivity index (χ3n) is 4.54. The summed E-state index contributed by atoms with van der Waals surface area (Å²) >= 11 is 0. The van der Waals surface area contributed by atoms with Gasteiger partial charge in [-0.15, -0.1) is 0 Å². The van der Waals surface area contributed by atoms with Gasteiger partial charge in [0.25, 0.3) is 0 Å². The lowest BCUT2D eigenvalue weighted by molar-refractivity contribution is 0.456. The third kappa shape index (κ3) is 4.02. The molecule has 2 heterocycles. The van der Waals surface area contributed by atoms with E-state index in [-0.39, 0.29) is 10.9 Å². The summed E-state index contributed by atoms with van der Waals surface area (Å²) in [5.74, 6) is 0.892. The monoisotopic (exact) mass is 378 g/mol. The lowest BCUT2D eigenvalue weighted by atomic mass is 10.1. The van der Waals surface area contributed by atoms with Crippen molar-refractivity contribution in [3.63, 3.8) is 0 Å². The average Bonchev–Trinajstić information content (AvgIpc) is 2.56. The largest absolute Gasteiger partial charge is 0.356 e. The Bertz CT molecular complexity index is 889. The molecule has 1 N–H and O–H groups in total. The van der Waals surface area contributed by atoms with Gasteiger partial charge in [-0.25, -0.2) is 27.5 Å². The number of piperidine rings is 1. The molecule has 26 heavy (non-hydrogen) atoms. The quantitative estimate of drug-likeness (QED) is 0.885. The van der Waals surface area contributed by atoms with E-state index in [9.17, 15) is 12.8 Å². The van der Waals surface area contributed by atoms with Gasteiger partial charge in [-0.2, -0.15) is 0 Å². The Hall–Kier alpha value is -2.06. The van der Waals surface area contributed by atoms with Crippen LogP contribution in [0.15, 0.2) is 29.2 Å². The van der Waals surface area contributed by atoms with Gasteiger partial charge < -0.3 is 4.90 Å². The molecule has 1 aromatic carbocycles. The van der Waals surface area contributed by atoms with E-state index in [2.05, 4.69) is 19.6 Å². The van der Waals surface area contributed by atoms with Crippen molar-refractivity contribution in [1.82, 2.24) is 14.7 Å². The first kappa shape index (κ1) is 18.7. The molecular weight excluding hydrogens is 355 g/mol. The molecule has 0 amide bonds. The molecule has 3 rings (SSSR count). The Balaban J connectivity index is 1.67. The van der Waals surface area contributed by atoms with Crippen molar-refractivity contribution >= 4 is 15.8 Å². The molecule has 1 fully saturated rings. The molecule has 0 saturated carbocycles. The summed E-state index contributed by atoms with van der Waals surface area (Å²) in [5.41, 5.74) is 1.22. The first-order valence-corrected chi connectivity index (χ1v) is 10.1. The van der Waals surface area contributed by atoms with Crippen molar-refractivity contribution < 1.29 is 12.8 Å². The SMILES string of the molecule is Cc1cc(N2CCC(NS(=O)(=O)c3cccc(C)c3F)CC2)nc(C)n1. The standard InChI is InChI=1S/C18H23FN4O2S/c1-12-5-4-6-16(18(12)19)26(24,25)22-15-7-9-23(10-8-15)17-11-13(2)20-14(3)21-17/h4-6,11,15,22H,7-10H2,1-3H3. The fourth-order valence-electron chi connectivity index (χ4n) is 3.20. The van der Waals surface area contributed by atoms with E-state index in [1.165, 1.54) is 6.07 Å². The first-order valence-electron chi connectivity index (χ1n) is 8.61. The van der Waals surface area contributed by atoms with Crippen molar-refractivity contribution in [2.24, 2.45) is 0 Å². The second-order valence-electron chi connectivity index (χ2n) is 6.68. The van der Waals surface area contributed by atoms with Gasteiger partial charge in [0.1, 0.15) is 22.4 Å². The van der Waals surface area contributed by atoms with Crippen LogP contribution in [0, 0.1) is 26.6 Å². The highest BCUT2D eigenvalue weighted by Crippen LogP contribution is 2.22. The van der Waals surface area contributed by atoms with Crippen LogP contribution in [0.4, 0.5) is 10.2 Å². The van der Waals surface area contributed by atoms with Gasteiger partial charge in [0.15, 0.2) is 0 Å². The molecule has 0 bridgehead atoms. The molecule has 140 valence electrons. The number of aromatic nitrogens is 2. The van der Waals surface area contributed by atoms with E-state index in [1.54, 1.807) is 19.1 Å². The summed E-state index contributed by atoms with van der Waals surface area (Å²) < 4.78 is 41.9. The van der Waals surface area contributed by atoms with Crippen molar-refractivity contribution in [2.45, 2.75) is 44.6 Å². The van der Waals surface area contributed by atoms with E-state index in [4.69, 9.17) is 0 Å². The van der Waals surface area contributed by atoms with Crippen molar-refractivity contribution in [3.05, 3.63) is 47.2 Å². The number of nitrogens with zero attached hydrogens (tertiary/aromatic N) is 3. The van der Waals surface area contributed by atoms with Crippen molar-refractivity contribution in [1.29, 1.82) is 0 Å². The molecule has 8 heteroatoms. The zero-order chi connectivity index (χ0) is 18.9. The van der Waals surface area contributed by atoms with E-state index in [0.29, 0.717) is 31.5 Å². The molecule has 1 saturated heterocycles. The van der Waals surface area contributed by atoms with Crippen LogP contribution in [0.1, 0.15) is 29.9 Å². The second kappa shape index (κ2) is 7.28. The number of anilines is 1. The summed E-state index contributed by atoms with van der Waals surface area (Å²) in [6.45, 7) is 6.69. The minimum Gasteiger partial charge on any atom is -0.356 e. The molecule has 2 aromatic rings. The van der Waals surface area contributed by atoms with Crippen LogP contribution >= 0.6 is 0 Å². The normalized spacial score (nSPS) is 16.1. The predicted octanol–water partition coefficient (Wildman–Crippen LogP) is 2.49. The lowest BCUT2D eigenvalue weighted by Crippen LogP contribution is -2.45. The summed E-state index contributed by atoms with van der Waals surface area (Å²) in [6.07, 6.45) is 1.27. The van der Waals surface area contributed by atoms with Crippen LogP contribution in [-0.2, 0) is 10.0 Å². The summed E-state index contributed by atoms with van der Waals surface area (Å²) in [4.78, 5) is 10.6. The topological polar surface area (TPSA) is 75.2 Å². The maximum Gasteiger partial charge on any atom is 0.243 e. The third-order valence-corrected chi connectivity index (χ3v) is 6.08. The highest BCUT2D eigenvalue weighted by Gasteiger charge is 2.27. The summed E-state index contributed by atoms with van der Waals surface area (Å²) in [7, 11) is -3.88. The summed E-state index contributed by atoms with van der Waals surface area (Å²) in [6, 6.07) is 6.11. The Morgan fingerprint density at radius 3 is 2.50 bits per heavy atom. The number of hydrogen-bond donors (Lipinski definition) is 1. The van der Waals surface area contributed by atoms with Crippen LogP contribution in [0.5, 0.6) is 0 Å². The molecule has 0 radical (unpaired) electrons. The van der Waals surface area contributed by atoms with Crippen molar-refractivity contribution in [2.75, 3.05) is 18.0 Å². The fourth-order valence-corrected chi connectivity index (χ4v) is 4.65. The molecule has 6 nitrogen and oxygen atoms in total. The molecule has 1 aromatic heterocycles. The number of aryl methyl sites for hydroxylation is 3. The number of sulfonamides is 1. The molecule has 1 aliphatic heterocycles. The Morgan fingerprint density at radius 2 is 1.85 bits per heavy atom. The zero-order valence-corrected chi connectivity index (χ0v) is 16.0.